The molecule has 2 N–H and O–H groups in total. The van der Waals surface area contributed by atoms with Crippen LogP contribution in [-0.2, 0) is 23.9 Å². The first kappa shape index (κ1) is 23.1. The van der Waals surface area contributed by atoms with Crippen molar-refractivity contribution in [2.45, 2.75) is 33.2 Å². The molecule has 10 heteroatoms. The number of methoxy groups -OCH3 is 1. The fraction of sp³-hybridized carbons (Fsp3) is 0.455. The third-order valence-corrected chi connectivity index (χ3v) is 5.31. The highest BCUT2D eigenvalue weighted by molar-refractivity contribution is 6.00. The van der Waals surface area contributed by atoms with Crippen LogP contribution in [0, 0.1) is 12.8 Å². The van der Waals surface area contributed by atoms with E-state index < -0.39 is 29.9 Å². The van der Waals surface area contributed by atoms with Crippen LogP contribution >= 0.6 is 0 Å². The summed E-state index contributed by atoms with van der Waals surface area (Å²) in [5.74, 6) is -1.56. The van der Waals surface area contributed by atoms with Gasteiger partial charge >= 0.3 is 18.0 Å². The minimum absolute atomic E-state index is 0.00989. The second-order valence-electron chi connectivity index (χ2n) is 7.62. The number of hydrogen-bond donors (Lipinski definition) is 2. The van der Waals surface area contributed by atoms with E-state index in [4.69, 9.17) is 14.2 Å². The highest BCUT2D eigenvalue weighted by Crippen LogP contribution is 2.34. The van der Waals surface area contributed by atoms with E-state index in [1.165, 1.54) is 12.0 Å². The van der Waals surface area contributed by atoms with Gasteiger partial charge in [0, 0.05) is 13.0 Å². The van der Waals surface area contributed by atoms with Crippen LogP contribution in [0.2, 0.25) is 0 Å². The van der Waals surface area contributed by atoms with Crippen LogP contribution in [0.4, 0.5) is 10.5 Å². The zero-order valence-electron chi connectivity index (χ0n) is 18.5. The summed E-state index contributed by atoms with van der Waals surface area (Å²) in [5, 5.41) is 5.08. The Morgan fingerprint density at radius 3 is 2.66 bits per heavy atom. The Morgan fingerprint density at radius 1 is 1.22 bits per heavy atom. The molecule has 0 spiro atoms. The molecule has 1 aromatic rings. The maximum Gasteiger partial charge on any atom is 0.338 e. The van der Waals surface area contributed by atoms with Gasteiger partial charge in [-0.2, -0.15) is 0 Å². The van der Waals surface area contributed by atoms with Gasteiger partial charge in [0.05, 0.1) is 42.6 Å². The molecule has 2 heterocycles. The van der Waals surface area contributed by atoms with E-state index in [0.717, 1.165) is 5.56 Å². The van der Waals surface area contributed by atoms with Crippen LogP contribution in [0.15, 0.2) is 29.5 Å². The normalized spacial score (nSPS) is 20.6. The lowest BCUT2D eigenvalue weighted by Crippen LogP contribution is -2.50. The molecule has 1 saturated heterocycles. The minimum Gasteiger partial charge on any atom is -0.495 e. The summed E-state index contributed by atoms with van der Waals surface area (Å²) in [6.45, 7) is 5.20. The summed E-state index contributed by atoms with van der Waals surface area (Å²) in [6, 6.07) is 4.36. The third kappa shape index (κ3) is 4.84. The molecule has 0 aliphatic carbocycles. The molecule has 2 aliphatic rings. The summed E-state index contributed by atoms with van der Waals surface area (Å²) < 4.78 is 15.8. The first-order chi connectivity index (χ1) is 15.2. The minimum atomic E-state index is -0.686. The van der Waals surface area contributed by atoms with E-state index in [1.54, 1.807) is 19.9 Å². The largest absolute Gasteiger partial charge is 0.495 e. The Morgan fingerprint density at radius 2 is 1.97 bits per heavy atom. The van der Waals surface area contributed by atoms with E-state index in [9.17, 15) is 19.2 Å². The molecular formula is C22H27N3O7. The quantitative estimate of drug-likeness (QED) is 0.609. The molecule has 0 aromatic heterocycles. The van der Waals surface area contributed by atoms with Crippen molar-refractivity contribution in [3.63, 3.8) is 0 Å². The lowest BCUT2D eigenvalue weighted by molar-refractivity contribution is -0.147. The highest BCUT2D eigenvalue weighted by atomic mass is 16.5. The van der Waals surface area contributed by atoms with Crippen LogP contribution < -0.4 is 20.3 Å². The number of esters is 2. The number of rotatable bonds is 7. The molecule has 10 nitrogen and oxygen atoms in total. The Hall–Kier alpha value is -3.56. The van der Waals surface area contributed by atoms with E-state index >= 15 is 0 Å². The van der Waals surface area contributed by atoms with E-state index in [1.807, 2.05) is 19.1 Å². The van der Waals surface area contributed by atoms with Crippen molar-refractivity contribution in [3.05, 3.63) is 35.0 Å². The SMILES string of the molecule is CCOC(=O)C1=C(COC(=O)[C@@H]2CC(=O)N(c3cc(C)ccc3OC)C2)NC(=O)N[C@H]1C. The van der Waals surface area contributed by atoms with Gasteiger partial charge in [-0.25, -0.2) is 9.59 Å². The van der Waals surface area contributed by atoms with Gasteiger partial charge in [-0.05, 0) is 38.5 Å². The highest BCUT2D eigenvalue weighted by Gasteiger charge is 2.38. The van der Waals surface area contributed by atoms with Crippen molar-refractivity contribution in [1.29, 1.82) is 0 Å². The van der Waals surface area contributed by atoms with E-state index in [0.29, 0.717) is 11.4 Å². The van der Waals surface area contributed by atoms with Gasteiger partial charge in [0.25, 0.3) is 0 Å². The van der Waals surface area contributed by atoms with Crippen molar-refractivity contribution in [1.82, 2.24) is 10.6 Å². The molecule has 0 bridgehead atoms. The number of carbonyl (C=O) groups excluding carboxylic acids is 4. The molecule has 2 atom stereocenters. The van der Waals surface area contributed by atoms with Crippen LogP contribution in [-0.4, -0.2) is 56.8 Å². The number of amides is 3. The van der Waals surface area contributed by atoms with E-state index in [-0.39, 0.29) is 43.4 Å². The number of aryl methyl sites for hydroxylation is 1. The average Bonchev–Trinajstić information content (AvgIpc) is 3.13. The van der Waals surface area contributed by atoms with Crippen LogP contribution in [0.5, 0.6) is 5.75 Å². The Bertz CT molecular complexity index is 972. The van der Waals surface area contributed by atoms with Crippen molar-refractivity contribution < 1.29 is 33.4 Å². The van der Waals surface area contributed by atoms with Gasteiger partial charge in [0.2, 0.25) is 5.91 Å². The average molecular weight is 445 g/mol. The Balaban J connectivity index is 1.72. The van der Waals surface area contributed by atoms with Gasteiger partial charge in [-0.1, -0.05) is 6.07 Å². The zero-order valence-corrected chi connectivity index (χ0v) is 18.5. The number of nitrogens with one attached hydrogen (secondary N) is 2. The number of hydrogen-bond acceptors (Lipinski definition) is 7. The smallest absolute Gasteiger partial charge is 0.338 e. The lowest BCUT2D eigenvalue weighted by atomic mass is 10.0. The summed E-state index contributed by atoms with van der Waals surface area (Å²) in [7, 11) is 1.52. The summed E-state index contributed by atoms with van der Waals surface area (Å²) >= 11 is 0. The maximum atomic E-state index is 12.7. The first-order valence-corrected chi connectivity index (χ1v) is 10.3. The van der Waals surface area contributed by atoms with Gasteiger partial charge in [-0.3, -0.25) is 9.59 Å². The van der Waals surface area contributed by atoms with Crippen LogP contribution in [0.25, 0.3) is 0 Å². The Labute approximate surface area is 185 Å². The molecule has 32 heavy (non-hydrogen) atoms. The number of benzene rings is 1. The number of nitrogens with zero attached hydrogens (tertiary/aromatic N) is 1. The zero-order chi connectivity index (χ0) is 23.4. The molecule has 0 radical (unpaired) electrons. The lowest BCUT2D eigenvalue weighted by Gasteiger charge is -2.26. The molecule has 3 amide bonds. The molecule has 3 rings (SSSR count). The number of carbonyl (C=O) groups is 4. The molecule has 0 unspecified atom stereocenters. The standard InChI is InChI=1S/C22H27N3O7/c1-5-31-21(28)19-13(3)23-22(29)24-15(19)11-32-20(27)14-9-18(26)25(10-14)16-8-12(2)6-7-17(16)30-4/h6-8,13-14H,5,9-11H2,1-4H3,(H2,23,24,29)/t13-,14+/m0/s1. The summed E-state index contributed by atoms with van der Waals surface area (Å²) in [6.07, 6.45) is -0.00989. The topological polar surface area (TPSA) is 123 Å². The van der Waals surface area contributed by atoms with Gasteiger partial charge in [-0.15, -0.1) is 0 Å². The molecule has 1 aromatic carbocycles. The Kier molecular flexibility index (Phi) is 7.01. The van der Waals surface area contributed by atoms with Gasteiger partial charge in [0.15, 0.2) is 0 Å². The number of urea groups is 1. The third-order valence-electron chi connectivity index (χ3n) is 5.31. The van der Waals surface area contributed by atoms with Crippen molar-refractivity contribution >= 4 is 29.6 Å². The first-order valence-electron chi connectivity index (χ1n) is 10.3. The molecule has 0 saturated carbocycles. The van der Waals surface area contributed by atoms with Gasteiger partial charge < -0.3 is 29.7 Å². The van der Waals surface area contributed by atoms with Crippen molar-refractivity contribution in [3.8, 4) is 5.75 Å². The molecule has 172 valence electrons. The fourth-order valence-electron chi connectivity index (χ4n) is 3.76. The predicted molar refractivity (Wildman–Crippen MR) is 114 cm³/mol. The summed E-state index contributed by atoms with van der Waals surface area (Å²) in [4.78, 5) is 50.9. The van der Waals surface area contributed by atoms with Crippen LogP contribution in [0.1, 0.15) is 25.8 Å². The molecule has 2 aliphatic heterocycles. The monoisotopic (exact) mass is 445 g/mol. The maximum absolute atomic E-state index is 12.7. The summed E-state index contributed by atoms with van der Waals surface area (Å²) in [5.41, 5.74) is 1.90. The number of ether oxygens (including phenoxy) is 3. The second-order valence-corrected chi connectivity index (χ2v) is 7.62. The van der Waals surface area contributed by atoms with Crippen LogP contribution in [0.3, 0.4) is 0 Å². The molecular weight excluding hydrogens is 418 g/mol. The second kappa shape index (κ2) is 9.71. The predicted octanol–water partition coefficient (Wildman–Crippen LogP) is 1.42. The van der Waals surface area contributed by atoms with Gasteiger partial charge in [0.1, 0.15) is 12.4 Å². The molecule has 1 fully saturated rings. The van der Waals surface area contributed by atoms with Crippen molar-refractivity contribution in [2.75, 3.05) is 31.8 Å². The number of anilines is 1. The van der Waals surface area contributed by atoms with Crippen molar-refractivity contribution in [2.24, 2.45) is 5.92 Å². The van der Waals surface area contributed by atoms with E-state index in [2.05, 4.69) is 10.6 Å². The fourth-order valence-corrected chi connectivity index (χ4v) is 3.76.